The van der Waals surface area contributed by atoms with Crippen LogP contribution < -0.4 is 9.60 Å². The Kier molecular flexibility index (Phi) is 3.97. The van der Waals surface area contributed by atoms with E-state index in [0.717, 1.165) is 11.3 Å². The van der Waals surface area contributed by atoms with E-state index in [1.807, 2.05) is 0 Å². The summed E-state index contributed by atoms with van der Waals surface area (Å²) in [5.41, 5.74) is 0.520. The van der Waals surface area contributed by atoms with E-state index in [-0.39, 0.29) is 22.9 Å². The van der Waals surface area contributed by atoms with Crippen molar-refractivity contribution in [1.29, 1.82) is 0 Å². The fraction of sp³-hybridized carbons (Fsp3) is 0.222. The lowest BCUT2D eigenvalue weighted by atomic mass is 10.5. The number of H-pyrrole nitrogens is 1. The van der Waals surface area contributed by atoms with Gasteiger partial charge in [-0.2, -0.15) is 0 Å². The lowest BCUT2D eigenvalue weighted by Crippen LogP contribution is -2.23. The average Bonchev–Trinajstić information content (AvgIpc) is 2.95. The zero-order valence-electron chi connectivity index (χ0n) is 9.04. The van der Waals surface area contributed by atoms with E-state index < -0.39 is 10.0 Å². The van der Waals surface area contributed by atoms with Gasteiger partial charge >= 0.3 is 4.87 Å². The quantitative estimate of drug-likeness (QED) is 0.747. The van der Waals surface area contributed by atoms with Crippen LogP contribution in [0, 0.1) is 0 Å². The van der Waals surface area contributed by atoms with Crippen molar-refractivity contribution >= 4 is 32.7 Å². The Balaban J connectivity index is 2.10. The van der Waals surface area contributed by atoms with Gasteiger partial charge in [0.25, 0.3) is 0 Å². The van der Waals surface area contributed by atoms with Gasteiger partial charge in [-0.1, -0.05) is 11.3 Å². The maximum Gasteiger partial charge on any atom is 0.304 e. The maximum atomic E-state index is 11.9. The molecule has 0 aliphatic heterocycles. The molecule has 0 fully saturated rings. The number of aliphatic hydroxyl groups is 1. The van der Waals surface area contributed by atoms with Gasteiger partial charge in [0.05, 0.1) is 18.0 Å². The molecule has 0 atom stereocenters. The Hall–Kier alpha value is -1.00. The standard InChI is InChI=1S/C9H10N2O4S3/c12-3-7-1-8(5-16-7)18(14,15)10-2-6-4-17-9(13)11-6/h1,4-5,10,12H,2-3H2,(H,11,13). The molecule has 0 aromatic carbocycles. The highest BCUT2D eigenvalue weighted by Crippen LogP contribution is 2.19. The summed E-state index contributed by atoms with van der Waals surface area (Å²) < 4.78 is 26.1. The number of aliphatic hydroxyl groups excluding tert-OH is 1. The molecule has 2 heterocycles. The first kappa shape index (κ1) is 13.4. The fourth-order valence-corrected chi connectivity index (χ4v) is 3.96. The first-order chi connectivity index (χ1) is 8.51. The summed E-state index contributed by atoms with van der Waals surface area (Å²) >= 11 is 2.16. The van der Waals surface area contributed by atoms with Crippen molar-refractivity contribution in [2.24, 2.45) is 0 Å². The third-order valence-electron chi connectivity index (χ3n) is 2.12. The summed E-state index contributed by atoms with van der Waals surface area (Å²) in [6.07, 6.45) is 0. The molecule has 2 rings (SSSR count). The smallest absolute Gasteiger partial charge is 0.304 e. The monoisotopic (exact) mass is 306 g/mol. The predicted octanol–water partition coefficient (Wildman–Crippen LogP) is 0.469. The average molecular weight is 306 g/mol. The van der Waals surface area contributed by atoms with Crippen molar-refractivity contribution in [2.45, 2.75) is 18.0 Å². The highest BCUT2D eigenvalue weighted by Gasteiger charge is 2.16. The van der Waals surface area contributed by atoms with E-state index in [1.165, 1.54) is 22.8 Å². The number of thiophene rings is 1. The van der Waals surface area contributed by atoms with Crippen molar-refractivity contribution in [3.63, 3.8) is 0 Å². The van der Waals surface area contributed by atoms with Crippen molar-refractivity contribution in [1.82, 2.24) is 9.71 Å². The number of aromatic amines is 1. The molecule has 0 spiro atoms. The van der Waals surface area contributed by atoms with Crippen molar-refractivity contribution in [3.05, 3.63) is 37.1 Å². The van der Waals surface area contributed by atoms with Crippen LogP contribution in [0.3, 0.4) is 0 Å². The largest absolute Gasteiger partial charge is 0.391 e. The second-order valence-corrected chi connectivity index (χ2v) is 7.01. The molecule has 0 radical (unpaired) electrons. The van der Waals surface area contributed by atoms with Crippen molar-refractivity contribution in [2.75, 3.05) is 0 Å². The van der Waals surface area contributed by atoms with Crippen molar-refractivity contribution in [3.8, 4) is 0 Å². The van der Waals surface area contributed by atoms with Crippen LogP contribution in [-0.2, 0) is 23.2 Å². The van der Waals surface area contributed by atoms with Gasteiger partial charge in [-0.25, -0.2) is 13.1 Å². The van der Waals surface area contributed by atoms with E-state index >= 15 is 0 Å². The van der Waals surface area contributed by atoms with Crippen LogP contribution in [-0.4, -0.2) is 18.5 Å². The molecule has 2 aromatic rings. The molecule has 0 aliphatic carbocycles. The molecule has 2 aromatic heterocycles. The number of thiazole rings is 1. The molecule has 9 heteroatoms. The first-order valence-corrected chi connectivity index (χ1v) is 8.10. The number of hydrogen-bond acceptors (Lipinski definition) is 6. The second kappa shape index (κ2) is 5.33. The SMILES string of the molecule is O=c1[nH]c(CNS(=O)(=O)c2csc(CO)c2)cs1. The third kappa shape index (κ3) is 3.06. The van der Waals surface area contributed by atoms with Crippen LogP contribution in [0.2, 0.25) is 0 Å². The molecule has 0 bridgehead atoms. The van der Waals surface area contributed by atoms with Gasteiger partial charge in [0.1, 0.15) is 0 Å². The summed E-state index contributed by atoms with van der Waals surface area (Å²) in [6.45, 7) is -0.149. The Bertz CT molecular complexity index is 682. The molecule has 0 amide bonds. The Morgan fingerprint density at radius 2 is 2.11 bits per heavy atom. The first-order valence-electron chi connectivity index (χ1n) is 4.86. The van der Waals surface area contributed by atoms with Crippen LogP contribution in [0.25, 0.3) is 0 Å². The highest BCUT2D eigenvalue weighted by molar-refractivity contribution is 7.89. The molecule has 18 heavy (non-hydrogen) atoms. The number of rotatable bonds is 5. The van der Waals surface area contributed by atoms with Crippen LogP contribution >= 0.6 is 22.7 Å². The third-order valence-corrected chi connectivity index (χ3v) is 5.29. The summed E-state index contributed by atoms with van der Waals surface area (Å²) in [5, 5.41) is 11.9. The lowest BCUT2D eigenvalue weighted by molar-refractivity contribution is 0.285. The van der Waals surface area contributed by atoms with Gasteiger partial charge in [-0.3, -0.25) is 4.79 Å². The molecular formula is C9H10N2O4S3. The van der Waals surface area contributed by atoms with Gasteiger partial charge in [0, 0.05) is 21.3 Å². The van der Waals surface area contributed by atoms with E-state index in [4.69, 9.17) is 5.11 Å². The Labute approximate surface area is 111 Å². The number of sulfonamides is 1. The minimum atomic E-state index is -3.61. The number of aromatic nitrogens is 1. The number of nitrogens with one attached hydrogen (secondary N) is 2. The van der Waals surface area contributed by atoms with E-state index in [9.17, 15) is 13.2 Å². The zero-order chi connectivity index (χ0) is 13.2. The summed E-state index contributed by atoms with van der Waals surface area (Å²) in [7, 11) is -3.61. The number of hydrogen-bond donors (Lipinski definition) is 3. The van der Waals surface area contributed by atoms with Gasteiger partial charge in [0.2, 0.25) is 10.0 Å². The molecule has 0 unspecified atom stereocenters. The van der Waals surface area contributed by atoms with E-state index in [2.05, 4.69) is 9.71 Å². The predicted molar refractivity (Wildman–Crippen MR) is 69.2 cm³/mol. The van der Waals surface area contributed by atoms with Gasteiger partial charge in [-0.05, 0) is 6.07 Å². The minimum Gasteiger partial charge on any atom is -0.391 e. The van der Waals surface area contributed by atoms with Crippen LogP contribution in [0.1, 0.15) is 10.6 Å². The highest BCUT2D eigenvalue weighted by atomic mass is 32.2. The summed E-state index contributed by atoms with van der Waals surface area (Å²) in [4.78, 5) is 13.9. The van der Waals surface area contributed by atoms with E-state index in [1.54, 1.807) is 5.38 Å². The van der Waals surface area contributed by atoms with Crippen LogP contribution in [0.15, 0.2) is 26.5 Å². The molecular weight excluding hydrogens is 296 g/mol. The Morgan fingerprint density at radius 3 is 2.67 bits per heavy atom. The molecule has 0 aliphatic rings. The fourth-order valence-electron chi connectivity index (χ4n) is 1.24. The maximum absolute atomic E-state index is 11.9. The van der Waals surface area contributed by atoms with Gasteiger partial charge in [0.15, 0.2) is 0 Å². The minimum absolute atomic E-state index is 0.0331. The summed E-state index contributed by atoms with van der Waals surface area (Å²) in [6, 6.07) is 1.42. The molecule has 0 saturated heterocycles. The topological polar surface area (TPSA) is 99.3 Å². The molecule has 0 saturated carbocycles. The van der Waals surface area contributed by atoms with E-state index in [0.29, 0.717) is 10.6 Å². The zero-order valence-corrected chi connectivity index (χ0v) is 11.5. The molecule has 98 valence electrons. The van der Waals surface area contributed by atoms with Gasteiger partial charge < -0.3 is 10.1 Å². The van der Waals surface area contributed by atoms with Crippen LogP contribution in [0.4, 0.5) is 0 Å². The van der Waals surface area contributed by atoms with Crippen molar-refractivity contribution < 1.29 is 13.5 Å². The van der Waals surface area contributed by atoms with Crippen LogP contribution in [0.5, 0.6) is 0 Å². The summed E-state index contributed by atoms with van der Waals surface area (Å²) in [5.74, 6) is 0. The normalized spacial score (nSPS) is 11.8. The van der Waals surface area contributed by atoms with Gasteiger partial charge in [-0.15, -0.1) is 11.3 Å². The second-order valence-electron chi connectivity index (χ2n) is 3.40. The lowest BCUT2D eigenvalue weighted by Gasteiger charge is -2.02. The Morgan fingerprint density at radius 1 is 1.33 bits per heavy atom. The molecule has 6 nitrogen and oxygen atoms in total. The molecule has 3 N–H and O–H groups in total.